The molecule has 5 nitrogen and oxygen atoms in total. The average Bonchev–Trinajstić information content (AvgIpc) is 2.55. The molecule has 2 N–H and O–H groups in total. The van der Waals surface area contributed by atoms with E-state index in [1.54, 1.807) is 7.11 Å². The first-order valence-electron chi connectivity index (χ1n) is 7.29. The van der Waals surface area contributed by atoms with Crippen molar-refractivity contribution in [3.63, 3.8) is 0 Å². The fraction of sp³-hybridized carbons (Fsp3) is 0.625. The van der Waals surface area contributed by atoms with E-state index in [1.807, 2.05) is 37.4 Å². The van der Waals surface area contributed by atoms with Crippen LogP contribution in [-0.2, 0) is 19.7 Å². The number of benzene rings is 1. The molecule has 0 spiro atoms. The van der Waals surface area contributed by atoms with Gasteiger partial charge >= 0.3 is 0 Å². The molecule has 120 valence electrons. The van der Waals surface area contributed by atoms with E-state index >= 15 is 0 Å². The second-order valence-corrected chi connectivity index (χ2v) is 4.82. The summed E-state index contributed by atoms with van der Waals surface area (Å²) in [6, 6.07) is 9.94. The first-order valence-corrected chi connectivity index (χ1v) is 7.29. The highest BCUT2D eigenvalue weighted by Crippen LogP contribution is 2.24. The smallest absolute Gasteiger partial charge is 0.0701 e. The zero-order valence-corrected chi connectivity index (χ0v) is 13.0. The standard InChI is InChI=1S/C16H27NO4/c1-17-16(14-18,15-6-4-3-5-7-15)8-9-20-12-13-21-11-10-19-2/h3-7,17-18H,8-14H2,1-2H3. The predicted molar refractivity (Wildman–Crippen MR) is 82.4 cm³/mol. The number of aliphatic hydroxyl groups is 1. The Morgan fingerprint density at radius 3 is 2.19 bits per heavy atom. The van der Waals surface area contributed by atoms with Crippen LogP contribution >= 0.6 is 0 Å². The van der Waals surface area contributed by atoms with Gasteiger partial charge in [0.05, 0.1) is 38.6 Å². The number of likely N-dealkylation sites (N-methyl/N-ethyl adjacent to an activating group) is 1. The molecule has 21 heavy (non-hydrogen) atoms. The molecule has 0 aromatic heterocycles. The number of hydrogen-bond donors (Lipinski definition) is 2. The normalized spacial score (nSPS) is 14.0. The van der Waals surface area contributed by atoms with Crippen LogP contribution in [0.25, 0.3) is 0 Å². The van der Waals surface area contributed by atoms with Crippen LogP contribution in [-0.4, -0.2) is 58.9 Å². The zero-order valence-electron chi connectivity index (χ0n) is 13.0. The van der Waals surface area contributed by atoms with Crippen LogP contribution < -0.4 is 5.32 Å². The Kier molecular flexibility index (Phi) is 9.21. The van der Waals surface area contributed by atoms with Crippen LogP contribution in [0.2, 0.25) is 0 Å². The van der Waals surface area contributed by atoms with Gasteiger partial charge in [0.25, 0.3) is 0 Å². The fourth-order valence-corrected chi connectivity index (χ4v) is 2.13. The van der Waals surface area contributed by atoms with Crippen LogP contribution in [0, 0.1) is 0 Å². The molecule has 0 radical (unpaired) electrons. The fourth-order valence-electron chi connectivity index (χ4n) is 2.13. The maximum Gasteiger partial charge on any atom is 0.0701 e. The van der Waals surface area contributed by atoms with E-state index in [4.69, 9.17) is 14.2 Å². The van der Waals surface area contributed by atoms with Crippen LogP contribution in [0.1, 0.15) is 12.0 Å². The Labute approximate surface area is 127 Å². The SMILES string of the molecule is CNC(CO)(CCOCCOCCOC)c1ccccc1. The third kappa shape index (κ3) is 6.11. The summed E-state index contributed by atoms with van der Waals surface area (Å²) in [4.78, 5) is 0. The second-order valence-electron chi connectivity index (χ2n) is 4.82. The van der Waals surface area contributed by atoms with Gasteiger partial charge in [-0.05, 0) is 19.0 Å². The number of nitrogens with one attached hydrogen (secondary N) is 1. The van der Waals surface area contributed by atoms with E-state index in [-0.39, 0.29) is 6.61 Å². The quantitative estimate of drug-likeness (QED) is 0.567. The largest absolute Gasteiger partial charge is 0.394 e. The van der Waals surface area contributed by atoms with Crippen molar-refractivity contribution in [2.45, 2.75) is 12.0 Å². The molecule has 1 aromatic rings. The van der Waals surface area contributed by atoms with Gasteiger partial charge in [0.1, 0.15) is 0 Å². The molecule has 0 fully saturated rings. The highest BCUT2D eigenvalue weighted by Gasteiger charge is 2.29. The lowest BCUT2D eigenvalue weighted by molar-refractivity contribution is 0.0159. The maximum atomic E-state index is 9.77. The third-order valence-electron chi connectivity index (χ3n) is 3.55. The minimum absolute atomic E-state index is 0.0290. The molecular formula is C16H27NO4. The highest BCUT2D eigenvalue weighted by molar-refractivity contribution is 5.24. The van der Waals surface area contributed by atoms with Crippen LogP contribution in [0.5, 0.6) is 0 Å². The summed E-state index contributed by atoms with van der Waals surface area (Å²) in [6.07, 6.45) is 0.697. The predicted octanol–water partition coefficient (Wildman–Crippen LogP) is 1.16. The first kappa shape index (κ1) is 18.1. The Bertz CT molecular complexity index is 355. The topological polar surface area (TPSA) is 60.0 Å². The Balaban J connectivity index is 2.32. The Morgan fingerprint density at radius 2 is 1.62 bits per heavy atom. The number of methoxy groups -OCH3 is 1. The average molecular weight is 297 g/mol. The maximum absolute atomic E-state index is 9.77. The molecule has 0 aliphatic carbocycles. The van der Waals surface area contributed by atoms with Gasteiger partial charge in [-0.15, -0.1) is 0 Å². The molecule has 1 atom stereocenters. The monoisotopic (exact) mass is 297 g/mol. The van der Waals surface area contributed by atoms with Crippen molar-refractivity contribution in [3.8, 4) is 0 Å². The van der Waals surface area contributed by atoms with Crippen molar-refractivity contribution in [1.29, 1.82) is 0 Å². The van der Waals surface area contributed by atoms with Gasteiger partial charge in [0, 0.05) is 13.7 Å². The summed E-state index contributed by atoms with van der Waals surface area (Å²) in [5.74, 6) is 0. The summed E-state index contributed by atoms with van der Waals surface area (Å²) in [6.45, 7) is 2.87. The van der Waals surface area contributed by atoms with Crippen molar-refractivity contribution in [3.05, 3.63) is 35.9 Å². The van der Waals surface area contributed by atoms with Gasteiger partial charge in [0.15, 0.2) is 0 Å². The van der Waals surface area contributed by atoms with Gasteiger partial charge in [-0.2, -0.15) is 0 Å². The van der Waals surface area contributed by atoms with Crippen molar-refractivity contribution in [1.82, 2.24) is 5.32 Å². The van der Waals surface area contributed by atoms with Crippen LogP contribution in [0.15, 0.2) is 30.3 Å². The first-order chi connectivity index (χ1) is 10.3. The molecule has 1 aromatic carbocycles. The molecule has 1 unspecified atom stereocenters. The number of aliphatic hydroxyl groups excluding tert-OH is 1. The van der Waals surface area contributed by atoms with Gasteiger partial charge in [0.2, 0.25) is 0 Å². The van der Waals surface area contributed by atoms with Crippen molar-refractivity contribution in [2.75, 3.05) is 53.8 Å². The van der Waals surface area contributed by atoms with E-state index in [0.717, 1.165) is 5.56 Å². The molecule has 0 aliphatic rings. The number of ether oxygens (including phenoxy) is 3. The molecule has 0 bridgehead atoms. The number of hydrogen-bond acceptors (Lipinski definition) is 5. The highest BCUT2D eigenvalue weighted by atomic mass is 16.5. The van der Waals surface area contributed by atoms with Crippen molar-refractivity contribution >= 4 is 0 Å². The minimum atomic E-state index is -0.460. The zero-order chi connectivity index (χ0) is 15.4. The van der Waals surface area contributed by atoms with Crippen LogP contribution in [0.3, 0.4) is 0 Å². The van der Waals surface area contributed by atoms with E-state index in [0.29, 0.717) is 39.5 Å². The minimum Gasteiger partial charge on any atom is -0.394 e. The Hall–Kier alpha value is -0.980. The molecule has 1 rings (SSSR count). The summed E-state index contributed by atoms with van der Waals surface area (Å²) in [5.41, 5.74) is 0.605. The molecule has 0 saturated carbocycles. The van der Waals surface area contributed by atoms with E-state index in [9.17, 15) is 5.11 Å². The second kappa shape index (κ2) is 10.7. The van der Waals surface area contributed by atoms with E-state index in [1.165, 1.54) is 0 Å². The molecular weight excluding hydrogens is 270 g/mol. The van der Waals surface area contributed by atoms with Crippen molar-refractivity contribution in [2.24, 2.45) is 0 Å². The lowest BCUT2D eigenvalue weighted by atomic mass is 9.88. The lowest BCUT2D eigenvalue weighted by Gasteiger charge is -2.32. The van der Waals surface area contributed by atoms with Gasteiger partial charge < -0.3 is 24.6 Å². The molecule has 0 aliphatic heterocycles. The molecule has 0 saturated heterocycles. The molecule has 5 heteroatoms. The van der Waals surface area contributed by atoms with Gasteiger partial charge in [-0.3, -0.25) is 0 Å². The molecule has 0 heterocycles. The van der Waals surface area contributed by atoms with Gasteiger partial charge in [-0.25, -0.2) is 0 Å². The van der Waals surface area contributed by atoms with E-state index < -0.39 is 5.54 Å². The summed E-state index contributed by atoms with van der Waals surface area (Å²) < 4.78 is 15.8. The number of rotatable bonds is 12. The van der Waals surface area contributed by atoms with Crippen LogP contribution in [0.4, 0.5) is 0 Å². The van der Waals surface area contributed by atoms with Crippen molar-refractivity contribution < 1.29 is 19.3 Å². The third-order valence-corrected chi connectivity index (χ3v) is 3.55. The summed E-state index contributed by atoms with van der Waals surface area (Å²) in [5, 5.41) is 13.0. The van der Waals surface area contributed by atoms with E-state index in [2.05, 4.69) is 5.32 Å². The Morgan fingerprint density at radius 1 is 1.00 bits per heavy atom. The van der Waals surface area contributed by atoms with Gasteiger partial charge in [-0.1, -0.05) is 30.3 Å². The lowest BCUT2D eigenvalue weighted by Crippen LogP contribution is -2.44. The summed E-state index contributed by atoms with van der Waals surface area (Å²) in [7, 11) is 3.51. The molecule has 0 amide bonds. The summed E-state index contributed by atoms with van der Waals surface area (Å²) >= 11 is 0.